The van der Waals surface area contributed by atoms with Crippen molar-refractivity contribution in [2.45, 2.75) is 84.0 Å². The molecule has 0 atom stereocenters. The maximum Gasteiger partial charge on any atom is 0.143 e. The Bertz CT molecular complexity index is 710. The lowest BCUT2D eigenvalue weighted by Crippen LogP contribution is -2.25. The van der Waals surface area contributed by atoms with E-state index in [9.17, 15) is 4.39 Å². The lowest BCUT2D eigenvalue weighted by atomic mass is 9.68. The Kier molecular flexibility index (Phi) is 9.13. The predicted octanol–water partition coefficient (Wildman–Crippen LogP) is 8.58. The summed E-state index contributed by atoms with van der Waals surface area (Å²) in [6.07, 6.45) is 21.2. The molecule has 29 heavy (non-hydrogen) atoms. The standard InChI is InChI=1S/C27H36ClF/c1-2-3-4-7-21-10-15-24(16-11-21)25-17-12-22(13-18-25)8-5-6-9-23-14-19-26(28)27(29)20-23/h5,8,14,19-22,24-25H,2-4,7,10-13,15-18H2,1H3/b8-5+. The van der Waals surface area contributed by atoms with Crippen molar-refractivity contribution in [2.24, 2.45) is 23.7 Å². The molecule has 0 spiro atoms. The van der Waals surface area contributed by atoms with Gasteiger partial charge in [0.2, 0.25) is 0 Å². The topological polar surface area (TPSA) is 0 Å². The Morgan fingerprint density at radius 1 is 1.00 bits per heavy atom. The molecule has 0 nitrogen and oxygen atoms in total. The first kappa shape index (κ1) is 22.4. The third-order valence-electron chi connectivity index (χ3n) is 7.18. The Balaban J connectivity index is 1.37. The van der Waals surface area contributed by atoms with E-state index in [0.717, 1.165) is 17.8 Å². The van der Waals surface area contributed by atoms with Gasteiger partial charge in [0.15, 0.2) is 0 Å². The molecule has 1 aromatic carbocycles. The third kappa shape index (κ3) is 7.18. The van der Waals surface area contributed by atoms with Gasteiger partial charge < -0.3 is 0 Å². The quantitative estimate of drug-likeness (QED) is 0.323. The first-order valence-electron chi connectivity index (χ1n) is 11.8. The molecular weight excluding hydrogens is 379 g/mol. The van der Waals surface area contributed by atoms with Crippen LogP contribution in [0.5, 0.6) is 0 Å². The lowest BCUT2D eigenvalue weighted by molar-refractivity contribution is 0.151. The molecule has 0 saturated heterocycles. The van der Waals surface area contributed by atoms with E-state index in [-0.39, 0.29) is 5.02 Å². The van der Waals surface area contributed by atoms with Crippen LogP contribution in [0.3, 0.4) is 0 Å². The van der Waals surface area contributed by atoms with E-state index < -0.39 is 5.82 Å². The highest BCUT2D eigenvalue weighted by Gasteiger charge is 2.30. The van der Waals surface area contributed by atoms with Gasteiger partial charge in [0, 0.05) is 5.56 Å². The zero-order chi connectivity index (χ0) is 20.5. The average molecular weight is 415 g/mol. The van der Waals surface area contributed by atoms with Crippen molar-refractivity contribution in [1.29, 1.82) is 0 Å². The predicted molar refractivity (Wildman–Crippen MR) is 122 cm³/mol. The first-order chi connectivity index (χ1) is 14.2. The number of hydrogen-bond donors (Lipinski definition) is 0. The smallest absolute Gasteiger partial charge is 0.143 e. The van der Waals surface area contributed by atoms with Gasteiger partial charge in [-0.05, 0) is 86.5 Å². The van der Waals surface area contributed by atoms with Gasteiger partial charge >= 0.3 is 0 Å². The summed E-state index contributed by atoms with van der Waals surface area (Å²) in [6, 6.07) is 4.72. The van der Waals surface area contributed by atoms with Crippen molar-refractivity contribution in [2.75, 3.05) is 0 Å². The molecule has 0 amide bonds. The van der Waals surface area contributed by atoms with Gasteiger partial charge in [-0.15, -0.1) is 0 Å². The van der Waals surface area contributed by atoms with E-state index in [0.29, 0.717) is 11.5 Å². The van der Waals surface area contributed by atoms with Crippen LogP contribution in [0.4, 0.5) is 4.39 Å². The van der Waals surface area contributed by atoms with Gasteiger partial charge in [-0.25, -0.2) is 4.39 Å². The van der Waals surface area contributed by atoms with Crippen molar-refractivity contribution in [3.05, 3.63) is 46.8 Å². The Morgan fingerprint density at radius 3 is 2.34 bits per heavy atom. The molecule has 0 unspecified atom stereocenters. The van der Waals surface area contributed by atoms with Crippen LogP contribution in [0.2, 0.25) is 5.02 Å². The second-order valence-corrected chi connectivity index (χ2v) is 9.62. The van der Waals surface area contributed by atoms with Crippen LogP contribution in [-0.2, 0) is 0 Å². The molecule has 1 aromatic rings. The van der Waals surface area contributed by atoms with Crippen molar-refractivity contribution >= 4 is 11.6 Å². The maximum atomic E-state index is 13.4. The number of hydrogen-bond acceptors (Lipinski definition) is 0. The molecule has 0 bridgehead atoms. The monoisotopic (exact) mass is 414 g/mol. The summed E-state index contributed by atoms with van der Waals surface area (Å²) in [7, 11) is 0. The summed E-state index contributed by atoms with van der Waals surface area (Å²) < 4.78 is 13.4. The summed E-state index contributed by atoms with van der Waals surface area (Å²) in [6.45, 7) is 2.30. The second kappa shape index (κ2) is 11.8. The van der Waals surface area contributed by atoms with Gasteiger partial charge in [-0.1, -0.05) is 75.0 Å². The molecule has 2 saturated carbocycles. The van der Waals surface area contributed by atoms with Gasteiger partial charge in [0.25, 0.3) is 0 Å². The van der Waals surface area contributed by atoms with E-state index in [1.165, 1.54) is 83.1 Å². The summed E-state index contributed by atoms with van der Waals surface area (Å²) in [5.74, 6) is 9.27. The second-order valence-electron chi connectivity index (χ2n) is 9.21. The van der Waals surface area contributed by atoms with Crippen molar-refractivity contribution in [3.8, 4) is 11.8 Å². The number of benzene rings is 1. The van der Waals surface area contributed by atoms with Gasteiger partial charge in [0.05, 0.1) is 5.02 Å². The minimum Gasteiger partial charge on any atom is -0.205 e. The molecule has 2 aliphatic rings. The summed E-state index contributed by atoms with van der Waals surface area (Å²) >= 11 is 5.71. The van der Waals surface area contributed by atoms with E-state index in [4.69, 9.17) is 11.6 Å². The Labute approximate surface area is 182 Å². The highest BCUT2D eigenvalue weighted by Crippen LogP contribution is 2.42. The van der Waals surface area contributed by atoms with Crippen LogP contribution in [0.1, 0.15) is 89.5 Å². The number of unbranched alkanes of at least 4 members (excludes halogenated alkanes) is 2. The fraction of sp³-hybridized carbons (Fsp3) is 0.630. The third-order valence-corrected chi connectivity index (χ3v) is 7.48. The highest BCUT2D eigenvalue weighted by atomic mass is 35.5. The Morgan fingerprint density at radius 2 is 1.69 bits per heavy atom. The molecule has 0 aliphatic heterocycles. The van der Waals surface area contributed by atoms with Crippen LogP contribution < -0.4 is 0 Å². The SMILES string of the molecule is CCCCCC1CCC(C2CCC(/C=C/C#Cc3ccc(Cl)c(F)c3)CC2)CC1. The minimum absolute atomic E-state index is 0.146. The molecule has 0 radical (unpaired) electrons. The largest absolute Gasteiger partial charge is 0.205 e. The van der Waals surface area contributed by atoms with Crippen molar-refractivity contribution in [3.63, 3.8) is 0 Å². The van der Waals surface area contributed by atoms with E-state index >= 15 is 0 Å². The molecule has 158 valence electrons. The van der Waals surface area contributed by atoms with Crippen LogP contribution in [0, 0.1) is 41.3 Å². The molecule has 0 heterocycles. The van der Waals surface area contributed by atoms with Gasteiger partial charge in [-0.2, -0.15) is 0 Å². The van der Waals surface area contributed by atoms with Crippen molar-refractivity contribution < 1.29 is 4.39 Å². The fourth-order valence-electron chi connectivity index (χ4n) is 5.32. The average Bonchev–Trinajstić information content (AvgIpc) is 2.75. The zero-order valence-corrected chi connectivity index (χ0v) is 18.7. The highest BCUT2D eigenvalue weighted by molar-refractivity contribution is 6.30. The maximum absolute atomic E-state index is 13.4. The summed E-state index contributed by atoms with van der Waals surface area (Å²) in [5, 5.41) is 0.146. The molecular formula is C27H36ClF. The normalized spacial score (nSPS) is 27.6. The van der Waals surface area contributed by atoms with Crippen LogP contribution in [0.15, 0.2) is 30.4 Å². The summed E-state index contributed by atoms with van der Waals surface area (Å²) in [5.41, 5.74) is 0.672. The van der Waals surface area contributed by atoms with Crippen molar-refractivity contribution in [1.82, 2.24) is 0 Å². The van der Waals surface area contributed by atoms with Gasteiger partial charge in [-0.3, -0.25) is 0 Å². The summed E-state index contributed by atoms with van der Waals surface area (Å²) in [4.78, 5) is 0. The number of rotatable bonds is 6. The van der Waals surface area contributed by atoms with E-state index in [1.54, 1.807) is 12.1 Å². The van der Waals surface area contributed by atoms with Crippen LogP contribution in [0.25, 0.3) is 0 Å². The van der Waals surface area contributed by atoms with Crippen LogP contribution in [-0.4, -0.2) is 0 Å². The zero-order valence-electron chi connectivity index (χ0n) is 17.9. The van der Waals surface area contributed by atoms with E-state index in [2.05, 4.69) is 24.8 Å². The van der Waals surface area contributed by atoms with E-state index in [1.807, 2.05) is 6.08 Å². The first-order valence-corrected chi connectivity index (χ1v) is 12.2. The number of allylic oxidation sites excluding steroid dienone is 2. The minimum atomic E-state index is -0.407. The fourth-order valence-corrected chi connectivity index (χ4v) is 5.44. The van der Waals surface area contributed by atoms with Crippen LogP contribution >= 0.6 is 11.6 Å². The molecule has 2 heteroatoms. The molecule has 2 fully saturated rings. The lowest BCUT2D eigenvalue weighted by Gasteiger charge is -2.37. The van der Waals surface area contributed by atoms with Gasteiger partial charge in [0.1, 0.15) is 5.82 Å². The molecule has 2 aliphatic carbocycles. The number of halogens is 2. The Hall–Kier alpha value is -1.26. The molecule has 0 N–H and O–H groups in total. The molecule has 3 rings (SSSR count). The molecule has 0 aromatic heterocycles.